The second-order valence-electron chi connectivity index (χ2n) is 8.46. The standard InChI is InChI=1S/C25H26FN5O2/c1-30(2)20-9-11-31(12-10-20)25-28-23(18-7-8-19(14-27)21(26)13-18)22(24(33)29-25)17-5-3-16(15-32)4-6-17/h3-8,13,20,32H,9-12,15H2,1-2H3,(H,28,29,33). The van der Waals surface area contributed by atoms with Crippen molar-refractivity contribution in [3.05, 3.63) is 69.8 Å². The van der Waals surface area contributed by atoms with Gasteiger partial charge in [-0.1, -0.05) is 30.3 Å². The van der Waals surface area contributed by atoms with E-state index in [1.807, 2.05) is 11.0 Å². The lowest BCUT2D eigenvalue weighted by atomic mass is 9.98. The first-order chi connectivity index (χ1) is 15.9. The van der Waals surface area contributed by atoms with Crippen molar-refractivity contribution < 1.29 is 9.50 Å². The minimum atomic E-state index is -0.660. The summed E-state index contributed by atoms with van der Waals surface area (Å²) in [4.78, 5) is 25.2. The van der Waals surface area contributed by atoms with E-state index in [0.717, 1.165) is 31.5 Å². The summed E-state index contributed by atoms with van der Waals surface area (Å²) in [5.41, 5.74) is 2.02. The van der Waals surface area contributed by atoms with E-state index in [4.69, 9.17) is 10.2 Å². The number of nitrogens with zero attached hydrogens (tertiary/aromatic N) is 4. The summed E-state index contributed by atoms with van der Waals surface area (Å²) in [6.45, 7) is 1.39. The molecule has 7 nitrogen and oxygen atoms in total. The monoisotopic (exact) mass is 447 g/mol. The van der Waals surface area contributed by atoms with Crippen LogP contribution in [-0.2, 0) is 6.61 Å². The molecule has 0 aliphatic carbocycles. The fraction of sp³-hybridized carbons (Fsp3) is 0.320. The van der Waals surface area contributed by atoms with Gasteiger partial charge in [-0.2, -0.15) is 5.26 Å². The summed E-state index contributed by atoms with van der Waals surface area (Å²) in [5.74, 6) is -0.209. The average molecular weight is 448 g/mol. The summed E-state index contributed by atoms with van der Waals surface area (Å²) in [7, 11) is 4.13. The maximum absolute atomic E-state index is 14.5. The van der Waals surface area contributed by atoms with E-state index in [-0.39, 0.29) is 17.7 Å². The Labute approximate surface area is 191 Å². The smallest absolute Gasteiger partial charge is 0.260 e. The van der Waals surface area contributed by atoms with Crippen LogP contribution >= 0.6 is 0 Å². The number of aromatic nitrogens is 2. The summed E-state index contributed by atoms with van der Waals surface area (Å²) in [6.07, 6.45) is 1.89. The van der Waals surface area contributed by atoms with E-state index < -0.39 is 5.82 Å². The molecular formula is C25H26FN5O2. The summed E-state index contributed by atoms with van der Waals surface area (Å²) >= 11 is 0. The van der Waals surface area contributed by atoms with Gasteiger partial charge in [0.1, 0.15) is 11.9 Å². The van der Waals surface area contributed by atoms with Crippen LogP contribution in [0.15, 0.2) is 47.3 Å². The number of nitriles is 1. The molecule has 0 bridgehead atoms. The molecule has 33 heavy (non-hydrogen) atoms. The highest BCUT2D eigenvalue weighted by atomic mass is 19.1. The highest BCUT2D eigenvalue weighted by molar-refractivity contribution is 5.81. The van der Waals surface area contributed by atoms with Crippen LogP contribution in [0.25, 0.3) is 22.4 Å². The molecule has 1 aromatic heterocycles. The Kier molecular flexibility index (Phi) is 6.54. The largest absolute Gasteiger partial charge is 0.392 e. The molecule has 2 heterocycles. The zero-order valence-corrected chi connectivity index (χ0v) is 18.7. The summed E-state index contributed by atoms with van der Waals surface area (Å²) < 4.78 is 14.5. The van der Waals surface area contributed by atoms with E-state index in [1.54, 1.807) is 30.3 Å². The number of aromatic amines is 1. The number of H-pyrrole nitrogens is 1. The lowest BCUT2D eigenvalue weighted by Gasteiger charge is -2.35. The van der Waals surface area contributed by atoms with Gasteiger partial charge >= 0.3 is 0 Å². The molecule has 8 heteroatoms. The lowest BCUT2D eigenvalue weighted by molar-refractivity contribution is 0.249. The van der Waals surface area contributed by atoms with Gasteiger partial charge in [-0.15, -0.1) is 0 Å². The van der Waals surface area contributed by atoms with E-state index in [1.165, 1.54) is 12.1 Å². The fourth-order valence-corrected chi connectivity index (χ4v) is 4.21. The van der Waals surface area contributed by atoms with Crippen LogP contribution in [0.1, 0.15) is 24.0 Å². The van der Waals surface area contributed by atoms with Crippen LogP contribution < -0.4 is 10.5 Å². The van der Waals surface area contributed by atoms with Gasteiger partial charge in [0.2, 0.25) is 5.95 Å². The van der Waals surface area contributed by atoms with E-state index in [2.05, 4.69) is 24.0 Å². The topological polar surface area (TPSA) is 96.2 Å². The van der Waals surface area contributed by atoms with Crippen molar-refractivity contribution in [3.63, 3.8) is 0 Å². The molecule has 170 valence electrons. The molecule has 0 atom stereocenters. The molecule has 0 saturated carbocycles. The number of aliphatic hydroxyl groups excluding tert-OH is 1. The van der Waals surface area contributed by atoms with Crippen molar-refractivity contribution in [2.75, 3.05) is 32.1 Å². The van der Waals surface area contributed by atoms with Gasteiger partial charge in [0.25, 0.3) is 5.56 Å². The van der Waals surface area contributed by atoms with Gasteiger partial charge in [-0.25, -0.2) is 9.37 Å². The Morgan fingerprint density at radius 3 is 2.42 bits per heavy atom. The van der Waals surface area contributed by atoms with Gasteiger partial charge in [-0.05, 0) is 50.2 Å². The van der Waals surface area contributed by atoms with Crippen LogP contribution in [0.3, 0.4) is 0 Å². The minimum absolute atomic E-state index is 0.0663. The number of aliphatic hydroxyl groups is 1. The number of rotatable bonds is 5. The first kappa shape index (κ1) is 22.6. The molecule has 1 fully saturated rings. The molecule has 1 aliphatic heterocycles. The zero-order valence-electron chi connectivity index (χ0n) is 18.7. The van der Waals surface area contributed by atoms with E-state index in [9.17, 15) is 14.3 Å². The Bertz CT molecular complexity index is 1240. The van der Waals surface area contributed by atoms with Crippen LogP contribution in [0.4, 0.5) is 10.3 Å². The predicted molar refractivity (Wildman–Crippen MR) is 125 cm³/mol. The normalized spacial score (nSPS) is 14.5. The Morgan fingerprint density at radius 2 is 1.85 bits per heavy atom. The van der Waals surface area contributed by atoms with Crippen LogP contribution in [0.5, 0.6) is 0 Å². The van der Waals surface area contributed by atoms with E-state index in [0.29, 0.717) is 34.4 Å². The number of hydrogen-bond acceptors (Lipinski definition) is 6. The Balaban J connectivity index is 1.82. The first-order valence-corrected chi connectivity index (χ1v) is 10.9. The van der Waals surface area contributed by atoms with Crippen molar-refractivity contribution in [1.29, 1.82) is 5.26 Å². The number of anilines is 1. The quantitative estimate of drug-likeness (QED) is 0.624. The fourth-order valence-electron chi connectivity index (χ4n) is 4.21. The van der Waals surface area contributed by atoms with Crippen molar-refractivity contribution in [2.24, 2.45) is 0 Å². The van der Waals surface area contributed by atoms with Gasteiger partial charge in [0.05, 0.1) is 23.4 Å². The number of nitrogens with one attached hydrogen (secondary N) is 1. The third kappa shape index (κ3) is 4.65. The predicted octanol–water partition coefficient (Wildman–Crippen LogP) is 3.14. The molecule has 2 aromatic carbocycles. The van der Waals surface area contributed by atoms with Crippen molar-refractivity contribution in [1.82, 2.24) is 14.9 Å². The highest BCUT2D eigenvalue weighted by Gasteiger charge is 2.24. The molecule has 0 unspecified atom stereocenters. The van der Waals surface area contributed by atoms with Gasteiger partial charge in [0.15, 0.2) is 0 Å². The maximum Gasteiger partial charge on any atom is 0.260 e. The Hall–Kier alpha value is -3.54. The molecular weight excluding hydrogens is 421 g/mol. The molecule has 0 spiro atoms. The number of hydrogen-bond donors (Lipinski definition) is 2. The van der Waals surface area contributed by atoms with Crippen molar-refractivity contribution >= 4 is 5.95 Å². The average Bonchev–Trinajstić information content (AvgIpc) is 2.83. The molecule has 4 rings (SSSR count). The van der Waals surface area contributed by atoms with Crippen LogP contribution in [-0.4, -0.2) is 53.2 Å². The van der Waals surface area contributed by atoms with E-state index >= 15 is 0 Å². The summed E-state index contributed by atoms with van der Waals surface area (Å²) in [5, 5.41) is 18.4. The second kappa shape index (κ2) is 9.53. The van der Waals surface area contributed by atoms with Crippen molar-refractivity contribution in [2.45, 2.75) is 25.5 Å². The summed E-state index contributed by atoms with van der Waals surface area (Å²) in [6, 6.07) is 13.5. The molecule has 1 aliphatic rings. The molecule has 0 radical (unpaired) electrons. The molecule has 0 amide bonds. The SMILES string of the molecule is CN(C)C1CCN(c2nc(-c3ccc(C#N)c(F)c3)c(-c3ccc(CO)cc3)c(=O)[nH]2)CC1. The van der Waals surface area contributed by atoms with Crippen molar-refractivity contribution in [3.8, 4) is 28.5 Å². The van der Waals surface area contributed by atoms with Gasteiger partial charge < -0.3 is 14.9 Å². The number of halogens is 1. The maximum atomic E-state index is 14.5. The molecule has 1 saturated heterocycles. The Morgan fingerprint density at radius 1 is 1.18 bits per heavy atom. The second-order valence-corrected chi connectivity index (χ2v) is 8.46. The lowest BCUT2D eigenvalue weighted by Crippen LogP contribution is -2.43. The van der Waals surface area contributed by atoms with Gasteiger partial charge in [-0.3, -0.25) is 9.78 Å². The third-order valence-electron chi connectivity index (χ3n) is 6.19. The molecule has 3 aromatic rings. The van der Waals surface area contributed by atoms with Crippen LogP contribution in [0, 0.1) is 17.1 Å². The van der Waals surface area contributed by atoms with Gasteiger partial charge in [0, 0.05) is 24.7 Å². The zero-order chi connectivity index (χ0) is 23.5. The minimum Gasteiger partial charge on any atom is -0.392 e. The number of benzene rings is 2. The first-order valence-electron chi connectivity index (χ1n) is 10.9. The third-order valence-corrected chi connectivity index (χ3v) is 6.19. The number of piperidine rings is 1. The highest BCUT2D eigenvalue weighted by Crippen LogP contribution is 2.31. The molecule has 2 N–H and O–H groups in total. The van der Waals surface area contributed by atoms with Crippen LogP contribution in [0.2, 0.25) is 0 Å².